The van der Waals surface area contributed by atoms with Crippen LogP contribution in [-0.2, 0) is 25.2 Å². The maximum atomic E-state index is 10.3. The molecule has 0 amide bonds. The first-order chi connectivity index (χ1) is 5.41. The summed E-state index contributed by atoms with van der Waals surface area (Å²) in [6.45, 7) is 0.865. The SMILES string of the molecule is CC(C)(C)OP(O)(=S)OP(=O)(O)O. The number of phosphoric acid groups is 1. The van der Waals surface area contributed by atoms with E-state index in [0.29, 0.717) is 0 Å². The second kappa shape index (κ2) is 4.04. The molecule has 80 valence electrons. The van der Waals surface area contributed by atoms with Gasteiger partial charge in [0.25, 0.3) is 0 Å². The summed E-state index contributed by atoms with van der Waals surface area (Å²) in [5.74, 6) is 0. The predicted molar refractivity (Wildman–Crippen MR) is 50.5 cm³/mol. The standard InChI is InChI=1S/C4H12O6P2S/c1-4(2,3)9-12(8,13)10-11(5,6)7/h1-3H3,(H,8,13)(H2,5,6,7). The minimum Gasteiger partial charge on any atom is -0.324 e. The molecule has 0 aromatic rings. The van der Waals surface area contributed by atoms with E-state index >= 15 is 0 Å². The Kier molecular flexibility index (Phi) is 4.26. The van der Waals surface area contributed by atoms with Gasteiger partial charge in [0.1, 0.15) is 0 Å². The first-order valence-electron chi connectivity index (χ1n) is 3.22. The van der Waals surface area contributed by atoms with E-state index in [2.05, 4.69) is 16.1 Å². The third-order valence-corrected chi connectivity index (χ3v) is 3.88. The van der Waals surface area contributed by atoms with Crippen molar-refractivity contribution in [3.05, 3.63) is 0 Å². The summed E-state index contributed by atoms with van der Waals surface area (Å²) in [7, 11) is -4.80. The number of hydrogen-bond acceptors (Lipinski definition) is 4. The number of rotatable bonds is 3. The highest BCUT2D eigenvalue weighted by molar-refractivity contribution is 8.08. The van der Waals surface area contributed by atoms with Crippen molar-refractivity contribution in [3.63, 3.8) is 0 Å². The summed E-state index contributed by atoms with van der Waals surface area (Å²) in [5.41, 5.74) is -0.820. The van der Waals surface area contributed by atoms with Gasteiger partial charge < -0.3 is 19.2 Å². The third kappa shape index (κ3) is 9.00. The fraction of sp³-hybridized carbons (Fsp3) is 1.00. The quantitative estimate of drug-likeness (QED) is 0.646. The van der Waals surface area contributed by atoms with Gasteiger partial charge in [0.05, 0.1) is 5.60 Å². The van der Waals surface area contributed by atoms with Crippen LogP contribution in [-0.4, -0.2) is 20.3 Å². The van der Waals surface area contributed by atoms with Crippen LogP contribution in [0.2, 0.25) is 0 Å². The highest BCUT2D eigenvalue weighted by atomic mass is 32.5. The molecule has 0 saturated carbocycles. The fourth-order valence-electron chi connectivity index (χ4n) is 0.497. The largest absolute Gasteiger partial charge is 0.476 e. The molecule has 0 bridgehead atoms. The summed E-state index contributed by atoms with van der Waals surface area (Å²) < 4.78 is 19.0. The molecule has 13 heavy (non-hydrogen) atoms. The Morgan fingerprint density at radius 3 is 1.85 bits per heavy atom. The highest BCUT2D eigenvalue weighted by Crippen LogP contribution is 2.59. The lowest BCUT2D eigenvalue weighted by atomic mass is 10.2. The average molecular weight is 250 g/mol. The predicted octanol–water partition coefficient (Wildman–Crippen LogP) is 1.13. The van der Waals surface area contributed by atoms with Crippen LogP contribution in [0.15, 0.2) is 0 Å². The van der Waals surface area contributed by atoms with Crippen LogP contribution in [0.25, 0.3) is 0 Å². The molecule has 0 rings (SSSR count). The molecule has 1 unspecified atom stereocenters. The molecule has 3 N–H and O–H groups in total. The molecule has 9 heteroatoms. The second-order valence-corrected chi connectivity index (χ2v) is 7.38. The Morgan fingerprint density at radius 1 is 1.23 bits per heavy atom. The summed E-state index contributed by atoms with van der Waals surface area (Å²) in [6.07, 6.45) is 0. The molecule has 0 saturated heterocycles. The fourth-order valence-corrected chi connectivity index (χ4v) is 3.85. The van der Waals surface area contributed by atoms with Crippen LogP contribution in [0.1, 0.15) is 20.8 Å². The molecular formula is C4H12O6P2S. The lowest BCUT2D eigenvalue weighted by Gasteiger charge is -2.25. The van der Waals surface area contributed by atoms with E-state index in [-0.39, 0.29) is 0 Å². The van der Waals surface area contributed by atoms with Gasteiger partial charge in [0.2, 0.25) is 0 Å². The highest BCUT2D eigenvalue weighted by Gasteiger charge is 2.31. The zero-order valence-corrected chi connectivity index (χ0v) is 9.97. The molecule has 0 aliphatic rings. The van der Waals surface area contributed by atoms with Gasteiger partial charge in [-0.1, -0.05) is 0 Å². The van der Waals surface area contributed by atoms with Crippen LogP contribution in [0.5, 0.6) is 0 Å². The van der Waals surface area contributed by atoms with E-state index in [1.165, 1.54) is 0 Å². The van der Waals surface area contributed by atoms with E-state index in [9.17, 15) is 9.46 Å². The maximum Gasteiger partial charge on any atom is 0.476 e. The number of hydrogen-bond donors (Lipinski definition) is 3. The first-order valence-corrected chi connectivity index (χ1v) is 7.34. The Morgan fingerprint density at radius 2 is 1.62 bits per heavy atom. The Bertz CT molecular complexity index is 264. The Balaban J connectivity index is 4.44. The molecule has 0 radical (unpaired) electrons. The van der Waals surface area contributed by atoms with Crippen molar-refractivity contribution in [1.29, 1.82) is 0 Å². The van der Waals surface area contributed by atoms with Crippen LogP contribution in [0, 0.1) is 0 Å². The van der Waals surface area contributed by atoms with Crippen molar-refractivity contribution in [3.8, 4) is 0 Å². The van der Waals surface area contributed by atoms with Gasteiger partial charge in [0, 0.05) is 0 Å². The smallest absolute Gasteiger partial charge is 0.324 e. The molecule has 0 aliphatic heterocycles. The van der Waals surface area contributed by atoms with E-state index in [1.807, 2.05) is 0 Å². The summed E-state index contributed by atoms with van der Waals surface area (Å²) >= 11 is 4.37. The van der Waals surface area contributed by atoms with Gasteiger partial charge in [-0.2, -0.15) is 0 Å². The monoisotopic (exact) mass is 250 g/mol. The van der Waals surface area contributed by atoms with Crippen LogP contribution in [0.3, 0.4) is 0 Å². The molecule has 0 aromatic carbocycles. The van der Waals surface area contributed by atoms with Crippen molar-refractivity contribution in [1.82, 2.24) is 0 Å². The Labute approximate surface area is 81.4 Å². The van der Waals surface area contributed by atoms with E-state index in [1.54, 1.807) is 20.8 Å². The third-order valence-electron chi connectivity index (χ3n) is 0.599. The van der Waals surface area contributed by atoms with E-state index in [4.69, 9.17) is 14.3 Å². The molecular weight excluding hydrogens is 238 g/mol. The van der Waals surface area contributed by atoms with Crippen molar-refractivity contribution < 1.29 is 28.1 Å². The lowest BCUT2D eigenvalue weighted by molar-refractivity contribution is 0.104. The normalized spacial score (nSPS) is 18.3. The van der Waals surface area contributed by atoms with Gasteiger partial charge in [-0.25, -0.2) is 8.88 Å². The Hall–Kier alpha value is 0.680. The maximum absolute atomic E-state index is 10.3. The summed E-state index contributed by atoms with van der Waals surface area (Å²) in [5, 5.41) is 0. The van der Waals surface area contributed by atoms with Gasteiger partial charge in [-0.05, 0) is 32.6 Å². The van der Waals surface area contributed by atoms with E-state index in [0.717, 1.165) is 0 Å². The van der Waals surface area contributed by atoms with Crippen LogP contribution < -0.4 is 0 Å². The minimum atomic E-state index is -4.80. The van der Waals surface area contributed by atoms with Crippen LogP contribution in [0.4, 0.5) is 0 Å². The summed E-state index contributed by atoms with van der Waals surface area (Å²) in [4.78, 5) is 25.9. The summed E-state index contributed by atoms with van der Waals surface area (Å²) in [6, 6.07) is 0. The van der Waals surface area contributed by atoms with Gasteiger partial charge in [-0.3, -0.25) is 0 Å². The molecule has 1 atom stereocenters. The van der Waals surface area contributed by atoms with Gasteiger partial charge in [-0.15, -0.1) is 0 Å². The van der Waals surface area contributed by atoms with Crippen LogP contribution >= 0.6 is 14.5 Å². The average Bonchev–Trinajstić information content (AvgIpc) is 1.43. The van der Waals surface area contributed by atoms with Gasteiger partial charge >= 0.3 is 14.5 Å². The lowest BCUT2D eigenvalue weighted by Crippen LogP contribution is -2.17. The minimum absolute atomic E-state index is 0.820. The van der Waals surface area contributed by atoms with Crippen molar-refractivity contribution in [2.45, 2.75) is 26.4 Å². The second-order valence-electron chi connectivity index (χ2n) is 3.24. The topological polar surface area (TPSA) is 96.2 Å². The molecule has 0 fully saturated rings. The van der Waals surface area contributed by atoms with Gasteiger partial charge in [0.15, 0.2) is 0 Å². The van der Waals surface area contributed by atoms with Crippen molar-refractivity contribution in [2.75, 3.05) is 0 Å². The zero-order valence-electron chi connectivity index (χ0n) is 7.37. The molecule has 0 heterocycles. The molecule has 6 nitrogen and oxygen atoms in total. The first kappa shape index (κ1) is 13.7. The van der Waals surface area contributed by atoms with Crippen molar-refractivity contribution in [2.24, 2.45) is 0 Å². The van der Waals surface area contributed by atoms with Crippen molar-refractivity contribution >= 4 is 26.3 Å². The molecule has 0 aromatic heterocycles. The molecule has 0 aliphatic carbocycles. The molecule has 0 spiro atoms. The zero-order chi connectivity index (χ0) is 10.9. The van der Waals surface area contributed by atoms with E-state index < -0.39 is 20.1 Å².